The summed E-state index contributed by atoms with van der Waals surface area (Å²) in [6.07, 6.45) is 2.99. The van der Waals surface area contributed by atoms with Crippen molar-refractivity contribution in [3.05, 3.63) is 83.6 Å². The Morgan fingerprint density at radius 2 is 1.54 bits per heavy atom. The third kappa shape index (κ3) is 3.97. The van der Waals surface area contributed by atoms with E-state index in [2.05, 4.69) is 0 Å². The molecule has 0 atom stereocenters. The Kier molecular flexibility index (Phi) is 5.43. The first-order chi connectivity index (χ1) is 12.7. The fourth-order valence-corrected chi connectivity index (χ4v) is 2.52. The molecule has 0 N–H and O–H groups in total. The molecule has 2 aromatic carbocycles. The van der Waals surface area contributed by atoms with E-state index in [1.807, 2.05) is 30.3 Å². The summed E-state index contributed by atoms with van der Waals surface area (Å²) in [5.41, 5.74) is 1.64. The molecule has 6 nitrogen and oxygen atoms in total. The maximum Gasteiger partial charge on any atom is 0.326 e. The Hall–Kier alpha value is -3.41. The molecule has 2 amide bonds. The van der Waals surface area contributed by atoms with Crippen molar-refractivity contribution in [1.29, 1.82) is 0 Å². The topological polar surface area (TPSA) is 72.9 Å². The molecule has 26 heavy (non-hydrogen) atoms. The van der Waals surface area contributed by atoms with Gasteiger partial charge in [-0.05, 0) is 23.8 Å². The molecule has 0 aliphatic carbocycles. The van der Waals surface area contributed by atoms with Gasteiger partial charge in [-0.1, -0.05) is 42.5 Å². The van der Waals surface area contributed by atoms with Crippen LogP contribution in [0.5, 0.6) is 0 Å². The van der Waals surface area contributed by atoms with Gasteiger partial charge in [-0.3, -0.25) is 19.3 Å². The zero-order chi connectivity index (χ0) is 18.4. The number of carbonyl (C=O) groups is 3. The average Bonchev–Trinajstić information content (AvgIpc) is 2.91. The van der Waals surface area contributed by atoms with E-state index in [9.17, 15) is 14.4 Å². The van der Waals surface area contributed by atoms with Gasteiger partial charge in [0.15, 0.2) is 0 Å². The predicted molar refractivity (Wildman–Crippen MR) is 93.1 cm³/mol. The molecule has 0 unspecified atom stereocenters. The second-order valence-corrected chi connectivity index (χ2v) is 5.59. The average molecular weight is 351 g/mol. The molecule has 1 aliphatic heterocycles. The van der Waals surface area contributed by atoms with Crippen LogP contribution in [0, 0.1) is 0 Å². The molecule has 1 heterocycles. The second-order valence-electron chi connectivity index (χ2n) is 5.59. The molecule has 0 aromatic heterocycles. The Balaban J connectivity index is 1.42. The highest BCUT2D eigenvalue weighted by Crippen LogP contribution is 2.22. The van der Waals surface area contributed by atoms with Crippen molar-refractivity contribution in [2.45, 2.75) is 6.61 Å². The Bertz CT molecular complexity index is 809. The van der Waals surface area contributed by atoms with E-state index in [-0.39, 0.29) is 6.61 Å². The molecule has 0 fully saturated rings. The van der Waals surface area contributed by atoms with Crippen molar-refractivity contribution >= 4 is 17.8 Å². The molecule has 0 saturated carbocycles. The number of imide groups is 1. The number of ether oxygens (including phenoxy) is 2. The lowest BCUT2D eigenvalue weighted by Gasteiger charge is -2.12. The summed E-state index contributed by atoms with van der Waals surface area (Å²) in [6, 6.07) is 16.1. The number of hydrogen-bond donors (Lipinski definition) is 0. The number of benzene rings is 2. The first-order valence-electron chi connectivity index (χ1n) is 8.08. The number of amides is 2. The molecule has 0 saturated heterocycles. The van der Waals surface area contributed by atoms with E-state index in [1.54, 1.807) is 30.3 Å². The van der Waals surface area contributed by atoms with Crippen LogP contribution in [0.25, 0.3) is 0 Å². The highest BCUT2D eigenvalue weighted by molar-refractivity contribution is 6.22. The van der Waals surface area contributed by atoms with Crippen molar-refractivity contribution in [2.24, 2.45) is 0 Å². The van der Waals surface area contributed by atoms with Gasteiger partial charge >= 0.3 is 5.97 Å². The molecule has 0 radical (unpaired) electrons. The summed E-state index contributed by atoms with van der Waals surface area (Å²) in [4.78, 5) is 37.1. The van der Waals surface area contributed by atoms with E-state index in [0.29, 0.717) is 17.7 Å². The SMILES string of the molecule is O=C(CN1C(=O)c2ccccc2C1=O)OC/C=C/OCc1ccccc1. The minimum atomic E-state index is -0.660. The summed E-state index contributed by atoms with van der Waals surface area (Å²) in [6.45, 7) is 0.00216. The minimum Gasteiger partial charge on any atom is -0.497 e. The normalized spacial score (nSPS) is 13.2. The Morgan fingerprint density at radius 1 is 0.923 bits per heavy atom. The third-order valence-corrected chi connectivity index (χ3v) is 3.79. The van der Waals surface area contributed by atoms with Gasteiger partial charge in [0.25, 0.3) is 11.8 Å². The standard InChI is InChI=1S/C20H17NO5/c22-18(26-12-6-11-25-14-15-7-2-1-3-8-15)13-21-19(23)16-9-4-5-10-17(16)20(21)24/h1-11H,12-14H2/b11-6+. The van der Waals surface area contributed by atoms with E-state index in [1.165, 1.54) is 6.26 Å². The highest BCUT2D eigenvalue weighted by atomic mass is 16.5. The maximum atomic E-state index is 12.2. The van der Waals surface area contributed by atoms with Crippen LogP contribution in [0.4, 0.5) is 0 Å². The number of nitrogens with zero attached hydrogens (tertiary/aromatic N) is 1. The van der Waals surface area contributed by atoms with Crippen LogP contribution in [0.15, 0.2) is 66.9 Å². The van der Waals surface area contributed by atoms with E-state index in [4.69, 9.17) is 9.47 Å². The lowest BCUT2D eigenvalue weighted by atomic mass is 10.1. The van der Waals surface area contributed by atoms with Crippen LogP contribution < -0.4 is 0 Å². The number of carbonyl (C=O) groups excluding carboxylic acids is 3. The number of rotatable bonds is 7. The zero-order valence-corrected chi connectivity index (χ0v) is 14.0. The molecule has 1 aliphatic rings. The molecule has 2 aromatic rings. The number of fused-ring (bicyclic) bond motifs is 1. The van der Waals surface area contributed by atoms with Crippen LogP contribution >= 0.6 is 0 Å². The van der Waals surface area contributed by atoms with Crippen LogP contribution in [0.2, 0.25) is 0 Å². The van der Waals surface area contributed by atoms with Crippen LogP contribution in [0.3, 0.4) is 0 Å². The van der Waals surface area contributed by atoms with Crippen molar-refractivity contribution < 1.29 is 23.9 Å². The van der Waals surface area contributed by atoms with Crippen molar-refractivity contribution in [3.63, 3.8) is 0 Å². The van der Waals surface area contributed by atoms with Crippen LogP contribution in [-0.4, -0.2) is 35.8 Å². The zero-order valence-electron chi connectivity index (χ0n) is 14.0. The first-order valence-corrected chi connectivity index (χ1v) is 8.08. The van der Waals surface area contributed by atoms with Gasteiger partial charge in [0.2, 0.25) is 0 Å². The lowest BCUT2D eigenvalue weighted by Crippen LogP contribution is -2.35. The van der Waals surface area contributed by atoms with Crippen LogP contribution in [0.1, 0.15) is 26.3 Å². The fourth-order valence-electron chi connectivity index (χ4n) is 2.52. The van der Waals surface area contributed by atoms with Crippen molar-refractivity contribution in [2.75, 3.05) is 13.2 Å². The number of esters is 1. The summed E-state index contributed by atoms with van der Waals surface area (Å²) in [7, 11) is 0. The van der Waals surface area contributed by atoms with Gasteiger partial charge in [-0.25, -0.2) is 0 Å². The van der Waals surface area contributed by atoms with Gasteiger partial charge in [-0.2, -0.15) is 0 Å². The quantitative estimate of drug-likeness (QED) is 0.435. The molecular formula is C20H17NO5. The van der Waals surface area contributed by atoms with E-state index >= 15 is 0 Å². The number of hydrogen-bond acceptors (Lipinski definition) is 5. The maximum absolute atomic E-state index is 12.2. The second kappa shape index (κ2) is 8.11. The smallest absolute Gasteiger partial charge is 0.326 e. The molecular weight excluding hydrogens is 334 g/mol. The molecule has 0 spiro atoms. The van der Waals surface area contributed by atoms with E-state index in [0.717, 1.165) is 10.5 Å². The molecule has 3 rings (SSSR count). The van der Waals surface area contributed by atoms with Crippen molar-refractivity contribution in [1.82, 2.24) is 4.90 Å². The monoisotopic (exact) mass is 351 g/mol. The highest BCUT2D eigenvalue weighted by Gasteiger charge is 2.36. The lowest BCUT2D eigenvalue weighted by molar-refractivity contribution is -0.142. The fraction of sp³-hybridized carbons (Fsp3) is 0.150. The molecule has 6 heteroatoms. The van der Waals surface area contributed by atoms with Gasteiger partial charge in [0.1, 0.15) is 19.8 Å². The Morgan fingerprint density at radius 3 is 2.19 bits per heavy atom. The summed E-state index contributed by atoms with van der Waals surface area (Å²) >= 11 is 0. The van der Waals surface area contributed by atoms with E-state index < -0.39 is 24.3 Å². The van der Waals surface area contributed by atoms with Gasteiger partial charge in [-0.15, -0.1) is 0 Å². The summed E-state index contributed by atoms with van der Waals surface area (Å²) < 4.78 is 10.3. The summed E-state index contributed by atoms with van der Waals surface area (Å²) in [5, 5.41) is 0. The third-order valence-electron chi connectivity index (χ3n) is 3.79. The summed E-state index contributed by atoms with van der Waals surface area (Å²) in [5.74, 6) is -1.62. The first kappa shape index (κ1) is 17.4. The molecule has 0 bridgehead atoms. The van der Waals surface area contributed by atoms with Crippen LogP contribution in [-0.2, 0) is 20.9 Å². The van der Waals surface area contributed by atoms with Gasteiger partial charge in [0, 0.05) is 0 Å². The predicted octanol–water partition coefficient (Wildman–Crippen LogP) is 2.56. The minimum absolute atomic E-state index is 0.00318. The Labute approximate surface area is 150 Å². The van der Waals surface area contributed by atoms with Gasteiger partial charge in [0.05, 0.1) is 17.4 Å². The van der Waals surface area contributed by atoms with Crippen molar-refractivity contribution in [3.8, 4) is 0 Å². The largest absolute Gasteiger partial charge is 0.497 e. The van der Waals surface area contributed by atoms with Gasteiger partial charge < -0.3 is 9.47 Å². The molecule has 132 valence electrons.